The van der Waals surface area contributed by atoms with Gasteiger partial charge in [-0.05, 0) is 75.5 Å². The Labute approximate surface area is 459 Å². The van der Waals surface area contributed by atoms with Gasteiger partial charge in [0.25, 0.3) is 0 Å². The van der Waals surface area contributed by atoms with Crippen LogP contribution in [-0.4, -0.2) is 155 Å². The van der Waals surface area contributed by atoms with Crippen LogP contribution in [0.3, 0.4) is 0 Å². The van der Waals surface area contributed by atoms with Gasteiger partial charge in [-0.15, -0.1) is 0 Å². The Hall–Kier alpha value is -7.25. The number of ketones is 1. The molecule has 0 fully saturated rings. The summed E-state index contributed by atoms with van der Waals surface area (Å²) in [4.78, 5) is 157. The molecule has 2 aromatic carbocycles. The molecule has 0 saturated heterocycles. The van der Waals surface area contributed by atoms with E-state index < -0.39 is 139 Å². The van der Waals surface area contributed by atoms with E-state index in [9.17, 15) is 67.7 Å². The topological polar surface area (TPSA) is 380 Å². The molecule has 0 saturated carbocycles. The molecule has 0 radical (unpaired) electrons. The molecule has 0 aliphatic carbocycles. The number of nitrogens with two attached hydrogens (primary N) is 1. The zero-order valence-corrected chi connectivity index (χ0v) is 45.9. The number of carbonyl (C=O) groups excluding carboxylic acids is 10. The minimum absolute atomic E-state index is 0.0731. The summed E-state index contributed by atoms with van der Waals surface area (Å²) in [6.45, 7) is 9.72. The molecule has 25 heteroatoms. The van der Waals surface area contributed by atoms with Crippen LogP contribution < -0.4 is 53.6 Å². The second-order valence-corrected chi connectivity index (χ2v) is 20.0. The SMILES string of the molecule is CC(=O)CNC(CS)C(=O)N[C@@H](CC(=O)O)C(=O)NC(CCC(=O)O)C(=O)N[C@@H](C)C(=O)NC(Cc1ccccc1)C(=O)N[C@@H](Cc1ccccc1)C(=O)NC(C(=O)N[C@@H](CC(C)C)C(=O)N[C@H](C=O)CCCCN)C(C)C. The number of thiol groups is 1. The van der Waals surface area contributed by atoms with Crippen molar-refractivity contribution >= 4 is 83.9 Å². The second-order valence-electron chi connectivity index (χ2n) is 19.7. The Morgan fingerprint density at radius 2 is 1.03 bits per heavy atom. The van der Waals surface area contributed by atoms with Gasteiger partial charge in [-0.2, -0.15) is 12.6 Å². The van der Waals surface area contributed by atoms with Crippen LogP contribution in [0, 0.1) is 11.8 Å². The summed E-state index contributed by atoms with van der Waals surface area (Å²) in [6.07, 6.45) is -0.0185. The van der Waals surface area contributed by atoms with Crippen LogP contribution in [0.5, 0.6) is 0 Å². The van der Waals surface area contributed by atoms with E-state index in [4.69, 9.17) is 5.73 Å². The van der Waals surface area contributed by atoms with Crippen molar-refractivity contribution in [1.82, 2.24) is 47.9 Å². The predicted molar refractivity (Wildman–Crippen MR) is 290 cm³/mol. The summed E-state index contributed by atoms with van der Waals surface area (Å²) >= 11 is 4.07. The monoisotopic (exact) mass is 1110 g/mol. The molecule has 0 spiro atoms. The highest BCUT2D eigenvalue weighted by atomic mass is 32.1. The highest BCUT2D eigenvalue weighted by Crippen LogP contribution is 2.13. The summed E-state index contributed by atoms with van der Waals surface area (Å²) in [5, 5.41) is 42.1. The van der Waals surface area contributed by atoms with Crippen LogP contribution in [0.25, 0.3) is 0 Å². The number of hydrogen-bond acceptors (Lipinski definition) is 15. The number of aldehydes is 1. The number of Topliss-reactive ketones (excluding diaryl/α,β-unsaturated/α-hetero) is 1. The normalized spacial score (nSPS) is 14.5. The first-order valence-corrected chi connectivity index (χ1v) is 26.5. The largest absolute Gasteiger partial charge is 0.481 e. The number of carboxylic acids is 2. The summed E-state index contributed by atoms with van der Waals surface area (Å²) in [5.41, 5.74) is 6.77. The van der Waals surface area contributed by atoms with Gasteiger partial charge < -0.3 is 63.3 Å². The number of carbonyl (C=O) groups is 12. The van der Waals surface area contributed by atoms with Gasteiger partial charge in [0.2, 0.25) is 47.3 Å². The molecule has 2 rings (SSSR count). The van der Waals surface area contributed by atoms with Gasteiger partial charge in [-0.25, -0.2) is 0 Å². The average molecular weight is 1110 g/mol. The molecule has 0 heterocycles. The number of rotatable bonds is 37. The highest BCUT2D eigenvalue weighted by Gasteiger charge is 2.36. The van der Waals surface area contributed by atoms with E-state index >= 15 is 0 Å². The fraction of sp³-hybridized carbons (Fsp3) is 0.547. The van der Waals surface area contributed by atoms with Gasteiger partial charge in [0, 0.05) is 25.0 Å². The number of amides is 8. The van der Waals surface area contributed by atoms with E-state index in [-0.39, 0.29) is 43.3 Å². The molecule has 24 nitrogen and oxygen atoms in total. The lowest BCUT2D eigenvalue weighted by molar-refractivity contribution is -0.141. The first-order valence-electron chi connectivity index (χ1n) is 25.8. The lowest BCUT2D eigenvalue weighted by Crippen LogP contribution is -2.61. The number of carboxylic acid groups (broad SMARTS) is 2. The number of nitrogens with one attached hydrogen (secondary N) is 9. The molecule has 13 N–H and O–H groups in total. The number of aliphatic carboxylic acids is 2. The molecule has 9 atom stereocenters. The van der Waals surface area contributed by atoms with Crippen molar-refractivity contribution in [2.75, 3.05) is 18.8 Å². The lowest BCUT2D eigenvalue weighted by atomic mass is 9.98. The summed E-state index contributed by atoms with van der Waals surface area (Å²) in [6, 6.07) is 5.07. The first-order chi connectivity index (χ1) is 36.9. The van der Waals surface area contributed by atoms with Gasteiger partial charge in [0.15, 0.2) is 0 Å². The maximum Gasteiger partial charge on any atom is 0.305 e. The highest BCUT2D eigenvalue weighted by molar-refractivity contribution is 7.80. The second kappa shape index (κ2) is 35.2. The van der Waals surface area contributed by atoms with E-state index in [0.717, 1.165) is 0 Å². The molecular formula is C53H78N10O14S. The molecule has 0 aliphatic rings. The van der Waals surface area contributed by atoms with E-state index in [1.807, 2.05) is 13.8 Å². The third-order valence-electron chi connectivity index (χ3n) is 12.0. The average Bonchev–Trinajstić information content (AvgIpc) is 3.38. The predicted octanol–water partition coefficient (Wildman–Crippen LogP) is -0.783. The van der Waals surface area contributed by atoms with Gasteiger partial charge in [-0.1, -0.05) is 88.4 Å². The Morgan fingerprint density at radius 1 is 0.551 bits per heavy atom. The maximum atomic E-state index is 14.5. The maximum absolute atomic E-state index is 14.5. The Kier molecular flexibility index (Phi) is 30.2. The van der Waals surface area contributed by atoms with Crippen LogP contribution in [0.2, 0.25) is 0 Å². The molecule has 4 unspecified atom stereocenters. The van der Waals surface area contributed by atoms with Crippen LogP contribution in [0.15, 0.2) is 60.7 Å². The van der Waals surface area contributed by atoms with Crippen molar-refractivity contribution in [3.05, 3.63) is 71.8 Å². The molecular weight excluding hydrogens is 1030 g/mol. The van der Waals surface area contributed by atoms with Crippen molar-refractivity contribution in [3.63, 3.8) is 0 Å². The smallest absolute Gasteiger partial charge is 0.305 e. The minimum Gasteiger partial charge on any atom is -0.481 e. The van der Waals surface area contributed by atoms with E-state index in [1.54, 1.807) is 74.5 Å². The number of unbranched alkanes of at least 4 members (excludes halogenated alkanes) is 1. The van der Waals surface area contributed by atoms with E-state index in [2.05, 4.69) is 60.5 Å². The van der Waals surface area contributed by atoms with Crippen LogP contribution in [0.1, 0.15) is 97.6 Å². The van der Waals surface area contributed by atoms with Crippen LogP contribution >= 0.6 is 12.6 Å². The molecule has 78 heavy (non-hydrogen) atoms. The van der Waals surface area contributed by atoms with Gasteiger partial charge >= 0.3 is 11.9 Å². The Balaban J connectivity index is 2.44. The molecule has 8 amide bonds. The fourth-order valence-corrected chi connectivity index (χ4v) is 8.05. The molecule has 2 aromatic rings. The Bertz CT molecular complexity index is 2340. The van der Waals surface area contributed by atoms with Gasteiger partial charge in [-0.3, -0.25) is 58.1 Å². The molecule has 0 bridgehead atoms. The van der Waals surface area contributed by atoms with Crippen LogP contribution in [-0.2, 0) is 70.4 Å². The summed E-state index contributed by atoms with van der Waals surface area (Å²) in [5.74, 6) is -11.1. The fourth-order valence-electron chi connectivity index (χ4n) is 7.76. The zero-order valence-electron chi connectivity index (χ0n) is 45.0. The van der Waals surface area contributed by atoms with Crippen molar-refractivity contribution in [3.8, 4) is 0 Å². The lowest BCUT2D eigenvalue weighted by Gasteiger charge is -2.29. The quantitative estimate of drug-likeness (QED) is 0.0224. The molecule has 430 valence electrons. The number of benzene rings is 2. The van der Waals surface area contributed by atoms with Gasteiger partial charge in [0.05, 0.1) is 25.0 Å². The molecule has 0 aliphatic heterocycles. The zero-order chi connectivity index (χ0) is 58.5. The third-order valence-corrected chi connectivity index (χ3v) is 12.4. The number of hydrogen-bond donors (Lipinski definition) is 13. The van der Waals surface area contributed by atoms with Crippen LogP contribution in [0.4, 0.5) is 0 Å². The summed E-state index contributed by atoms with van der Waals surface area (Å²) < 4.78 is 0. The molecule has 0 aromatic heterocycles. The van der Waals surface area contributed by atoms with Gasteiger partial charge in [0.1, 0.15) is 54.4 Å². The third kappa shape index (κ3) is 25.3. The summed E-state index contributed by atoms with van der Waals surface area (Å²) in [7, 11) is 0. The van der Waals surface area contributed by atoms with E-state index in [1.165, 1.54) is 13.8 Å². The minimum atomic E-state index is -1.80. The van der Waals surface area contributed by atoms with Crippen molar-refractivity contribution in [2.45, 2.75) is 154 Å². The van der Waals surface area contributed by atoms with E-state index in [0.29, 0.717) is 43.2 Å². The van der Waals surface area contributed by atoms with Crippen molar-refractivity contribution in [1.29, 1.82) is 0 Å². The first kappa shape index (κ1) is 66.9. The van der Waals surface area contributed by atoms with Crippen molar-refractivity contribution in [2.24, 2.45) is 17.6 Å². The van der Waals surface area contributed by atoms with Crippen molar-refractivity contribution < 1.29 is 67.7 Å². The standard InChI is InChI=1S/C53H78N10O14S/c1-30(2)23-38(48(72)57-36(28-64)19-13-14-22-54)62-53(77)45(31(3)4)63-51(75)40(25-35-17-11-8-12-18-35)60-49(73)39(24-34-15-9-7-10-16-34)59-46(70)33(6)56-47(71)37(20-21-43(66)67)58-50(74)41(26-44(68)69)61-52(76)42(29-78)55-27-32(5)65/h7-12,15-18,28,30-31,33,36-42,45,55,78H,13-14,19-27,29,54H2,1-6H3,(H,56,71)(H,57,72)(H,58,74)(H,59,70)(H,60,73)(H,61,76)(H,62,77)(H,63,75)(H,66,67)(H,68,69)/t33-,36-,37?,38-,39?,40-,41-,42?,45?/m0/s1. The Morgan fingerprint density at radius 3 is 1.51 bits per heavy atom.